The van der Waals surface area contributed by atoms with Crippen molar-refractivity contribution in [1.82, 2.24) is 5.48 Å². The van der Waals surface area contributed by atoms with E-state index in [1.54, 1.807) is 12.1 Å². The molecular formula is C15H20BrNO5. The average molecular weight is 374 g/mol. The van der Waals surface area contributed by atoms with E-state index in [0.29, 0.717) is 34.7 Å². The molecule has 1 saturated heterocycles. The van der Waals surface area contributed by atoms with Crippen LogP contribution in [0.1, 0.15) is 36.5 Å². The lowest BCUT2D eigenvalue weighted by molar-refractivity contribution is -0.186. The fourth-order valence-electron chi connectivity index (χ4n) is 2.12. The molecule has 1 unspecified atom stereocenters. The number of hydrogen-bond acceptors (Lipinski definition) is 5. The highest BCUT2D eigenvalue weighted by molar-refractivity contribution is 9.10. The predicted molar refractivity (Wildman–Crippen MR) is 84.0 cm³/mol. The van der Waals surface area contributed by atoms with Crippen LogP contribution in [0.15, 0.2) is 16.6 Å². The molecule has 0 saturated carbocycles. The van der Waals surface area contributed by atoms with Crippen LogP contribution in [0.4, 0.5) is 0 Å². The van der Waals surface area contributed by atoms with Crippen molar-refractivity contribution in [3.63, 3.8) is 0 Å². The van der Waals surface area contributed by atoms with Gasteiger partial charge in [0, 0.05) is 18.6 Å². The molecule has 1 heterocycles. The number of hydroxylamine groups is 1. The van der Waals surface area contributed by atoms with Crippen LogP contribution >= 0.6 is 15.9 Å². The molecule has 0 aliphatic carbocycles. The molecule has 0 radical (unpaired) electrons. The number of halogens is 1. The van der Waals surface area contributed by atoms with E-state index in [0.717, 1.165) is 19.3 Å². The Morgan fingerprint density at radius 3 is 2.91 bits per heavy atom. The molecule has 7 heteroatoms. The van der Waals surface area contributed by atoms with Crippen LogP contribution in [0.3, 0.4) is 0 Å². The largest absolute Gasteiger partial charge is 0.493 e. The lowest BCUT2D eigenvalue weighted by atomic mass is 10.2. The van der Waals surface area contributed by atoms with Gasteiger partial charge in [-0.25, -0.2) is 10.3 Å². The second-order valence-corrected chi connectivity index (χ2v) is 5.62. The number of hydrogen-bond donors (Lipinski definition) is 1. The molecule has 1 aromatic carbocycles. The van der Waals surface area contributed by atoms with E-state index in [9.17, 15) is 4.79 Å². The zero-order valence-corrected chi connectivity index (χ0v) is 14.3. The van der Waals surface area contributed by atoms with Crippen molar-refractivity contribution in [1.29, 1.82) is 0 Å². The third-order valence-electron chi connectivity index (χ3n) is 3.20. The van der Waals surface area contributed by atoms with Gasteiger partial charge in [0.2, 0.25) is 0 Å². The van der Waals surface area contributed by atoms with Crippen molar-refractivity contribution in [2.75, 3.05) is 20.3 Å². The zero-order valence-electron chi connectivity index (χ0n) is 12.7. The molecule has 1 atom stereocenters. The molecule has 1 amide bonds. The van der Waals surface area contributed by atoms with E-state index in [4.69, 9.17) is 19.0 Å². The highest BCUT2D eigenvalue weighted by atomic mass is 79.9. The van der Waals surface area contributed by atoms with Crippen molar-refractivity contribution < 1.29 is 23.8 Å². The van der Waals surface area contributed by atoms with Crippen molar-refractivity contribution in [3.05, 3.63) is 22.2 Å². The van der Waals surface area contributed by atoms with Gasteiger partial charge in [-0.15, -0.1) is 0 Å². The first-order valence-electron chi connectivity index (χ1n) is 7.23. The van der Waals surface area contributed by atoms with Crippen LogP contribution < -0.4 is 15.0 Å². The Morgan fingerprint density at radius 2 is 2.27 bits per heavy atom. The Morgan fingerprint density at radius 1 is 1.45 bits per heavy atom. The Kier molecular flexibility index (Phi) is 6.48. The summed E-state index contributed by atoms with van der Waals surface area (Å²) in [6.45, 7) is 3.04. The highest BCUT2D eigenvalue weighted by Gasteiger charge is 2.18. The number of amides is 1. The van der Waals surface area contributed by atoms with Crippen molar-refractivity contribution in [2.45, 2.75) is 32.5 Å². The Bertz CT molecular complexity index is 517. The lowest BCUT2D eigenvalue weighted by Crippen LogP contribution is -2.33. The minimum atomic E-state index is -0.384. The van der Waals surface area contributed by atoms with Crippen LogP contribution in [0.5, 0.6) is 11.5 Å². The van der Waals surface area contributed by atoms with E-state index in [2.05, 4.69) is 21.4 Å². The quantitative estimate of drug-likeness (QED) is 0.776. The molecule has 6 nitrogen and oxygen atoms in total. The number of carbonyl (C=O) groups is 1. The Balaban J connectivity index is 2.04. The summed E-state index contributed by atoms with van der Waals surface area (Å²) in [5.74, 6) is 0.685. The first kappa shape index (κ1) is 17.1. The number of rotatable bonds is 6. The summed E-state index contributed by atoms with van der Waals surface area (Å²) in [6.07, 6.45) is 2.45. The molecule has 1 aliphatic heterocycles. The third kappa shape index (κ3) is 4.34. The maximum atomic E-state index is 12.2. The van der Waals surface area contributed by atoms with Gasteiger partial charge in [0.1, 0.15) is 0 Å². The van der Waals surface area contributed by atoms with Crippen LogP contribution in [0.25, 0.3) is 0 Å². The third-order valence-corrected chi connectivity index (χ3v) is 3.79. The summed E-state index contributed by atoms with van der Waals surface area (Å²) in [4.78, 5) is 17.4. The maximum absolute atomic E-state index is 12.2. The first-order chi connectivity index (χ1) is 10.7. The van der Waals surface area contributed by atoms with Crippen molar-refractivity contribution in [3.8, 4) is 11.5 Å². The van der Waals surface area contributed by atoms with Gasteiger partial charge in [0.25, 0.3) is 5.91 Å². The van der Waals surface area contributed by atoms with Crippen LogP contribution in [-0.2, 0) is 9.57 Å². The second kappa shape index (κ2) is 8.36. The highest BCUT2D eigenvalue weighted by Crippen LogP contribution is 2.36. The van der Waals surface area contributed by atoms with Gasteiger partial charge in [-0.1, -0.05) is 0 Å². The number of benzene rings is 1. The molecule has 0 bridgehead atoms. The summed E-state index contributed by atoms with van der Waals surface area (Å²) in [6, 6.07) is 3.27. The van der Waals surface area contributed by atoms with Gasteiger partial charge in [-0.3, -0.25) is 4.79 Å². The standard InChI is InChI=1S/C15H20BrNO5/c1-3-20-14-11(16)8-10(9-12(14)19-2)15(18)17-22-13-6-4-5-7-21-13/h8-9,13H,3-7H2,1-2H3,(H,17,18). The predicted octanol–water partition coefficient (Wildman–Crippen LogP) is 3.04. The molecular weight excluding hydrogens is 354 g/mol. The van der Waals surface area contributed by atoms with E-state index < -0.39 is 0 Å². The van der Waals surface area contributed by atoms with Gasteiger partial charge in [-0.2, -0.15) is 0 Å². The van der Waals surface area contributed by atoms with Gasteiger partial charge in [-0.05, 0) is 47.8 Å². The minimum Gasteiger partial charge on any atom is -0.493 e. The van der Waals surface area contributed by atoms with Crippen molar-refractivity contribution in [2.24, 2.45) is 0 Å². The fraction of sp³-hybridized carbons (Fsp3) is 0.533. The van der Waals surface area contributed by atoms with Crippen LogP contribution in [0, 0.1) is 0 Å². The summed E-state index contributed by atoms with van der Waals surface area (Å²) >= 11 is 3.39. The van der Waals surface area contributed by atoms with Gasteiger partial charge >= 0.3 is 0 Å². The smallest absolute Gasteiger partial charge is 0.275 e. The molecule has 1 N–H and O–H groups in total. The normalized spacial score (nSPS) is 17.9. The van der Waals surface area contributed by atoms with Crippen LogP contribution in [0.2, 0.25) is 0 Å². The minimum absolute atomic E-state index is 0.365. The molecule has 2 rings (SSSR count). The molecule has 0 aromatic heterocycles. The van der Waals surface area contributed by atoms with Gasteiger partial charge < -0.3 is 14.2 Å². The first-order valence-corrected chi connectivity index (χ1v) is 8.03. The number of nitrogens with one attached hydrogen (secondary N) is 1. The molecule has 1 fully saturated rings. The summed E-state index contributed by atoms with van der Waals surface area (Å²) in [5.41, 5.74) is 2.82. The molecule has 1 aromatic rings. The SMILES string of the molecule is CCOc1c(Br)cc(C(=O)NOC2CCCCO2)cc1OC. The maximum Gasteiger partial charge on any atom is 0.275 e. The van der Waals surface area contributed by atoms with Crippen LogP contribution in [-0.4, -0.2) is 32.5 Å². The second-order valence-electron chi connectivity index (χ2n) is 4.77. The average Bonchev–Trinajstić information content (AvgIpc) is 2.55. The number of methoxy groups -OCH3 is 1. The molecule has 1 aliphatic rings. The van der Waals surface area contributed by atoms with E-state index in [1.807, 2.05) is 6.92 Å². The van der Waals surface area contributed by atoms with Gasteiger partial charge in [0.15, 0.2) is 17.8 Å². The van der Waals surface area contributed by atoms with E-state index in [1.165, 1.54) is 7.11 Å². The van der Waals surface area contributed by atoms with E-state index >= 15 is 0 Å². The lowest BCUT2D eigenvalue weighted by Gasteiger charge is -2.22. The fourth-order valence-corrected chi connectivity index (χ4v) is 2.67. The zero-order chi connectivity index (χ0) is 15.9. The Hall–Kier alpha value is -1.31. The molecule has 122 valence electrons. The Labute approximate surface area is 138 Å². The van der Waals surface area contributed by atoms with Gasteiger partial charge in [0.05, 0.1) is 18.2 Å². The monoisotopic (exact) mass is 373 g/mol. The van der Waals surface area contributed by atoms with Crippen molar-refractivity contribution >= 4 is 21.8 Å². The van der Waals surface area contributed by atoms with E-state index in [-0.39, 0.29) is 12.2 Å². The number of carbonyl (C=O) groups excluding carboxylic acids is 1. The summed E-state index contributed by atoms with van der Waals surface area (Å²) < 4.78 is 16.8. The summed E-state index contributed by atoms with van der Waals surface area (Å²) in [7, 11) is 1.53. The summed E-state index contributed by atoms with van der Waals surface area (Å²) in [5, 5.41) is 0. The molecule has 0 spiro atoms. The molecule has 22 heavy (non-hydrogen) atoms. The topological polar surface area (TPSA) is 66.0 Å². The number of ether oxygens (including phenoxy) is 3.